The molecule has 25 heavy (non-hydrogen) atoms. The highest BCUT2D eigenvalue weighted by Crippen LogP contribution is 2.37. The summed E-state index contributed by atoms with van der Waals surface area (Å²) in [5.41, 5.74) is 0.408. The van der Waals surface area contributed by atoms with Gasteiger partial charge < -0.3 is 14.8 Å². The first-order chi connectivity index (χ1) is 11.9. The number of nitrogens with one attached hydrogen (secondary N) is 1. The minimum Gasteiger partial charge on any atom is -0.354 e. The van der Waals surface area contributed by atoms with Crippen LogP contribution in [0.5, 0.6) is 0 Å². The van der Waals surface area contributed by atoms with E-state index in [1.54, 1.807) is 36.4 Å². The van der Waals surface area contributed by atoms with Gasteiger partial charge in [0.2, 0.25) is 5.91 Å². The molecule has 2 aromatic heterocycles. The third-order valence-electron chi connectivity index (χ3n) is 4.61. The van der Waals surface area contributed by atoms with Gasteiger partial charge in [0.05, 0.1) is 11.9 Å². The molecule has 1 fully saturated rings. The normalized spacial score (nSPS) is 19.9. The third kappa shape index (κ3) is 3.24. The van der Waals surface area contributed by atoms with E-state index in [4.69, 9.17) is 0 Å². The summed E-state index contributed by atoms with van der Waals surface area (Å²) in [5.74, 6) is 0.247. The number of carbonyl (C=O) groups excluding carboxylic acids is 2. The van der Waals surface area contributed by atoms with Gasteiger partial charge in [0.1, 0.15) is 12.2 Å². The molecule has 0 unspecified atom stereocenters. The zero-order valence-corrected chi connectivity index (χ0v) is 14.7. The second-order valence-corrected chi connectivity index (χ2v) is 6.46. The van der Waals surface area contributed by atoms with Gasteiger partial charge in [0.25, 0.3) is 5.91 Å². The maximum atomic E-state index is 12.8. The number of aromatic nitrogens is 4. The molecule has 0 saturated carbocycles. The van der Waals surface area contributed by atoms with Crippen molar-refractivity contribution < 1.29 is 9.59 Å². The van der Waals surface area contributed by atoms with Crippen LogP contribution in [0.15, 0.2) is 24.8 Å². The Kier molecular flexibility index (Phi) is 4.52. The Morgan fingerprint density at radius 3 is 2.84 bits per heavy atom. The number of nitrogens with zero attached hydrogens (tertiary/aromatic N) is 5. The number of carbonyl (C=O) groups is 2. The van der Waals surface area contributed by atoms with Crippen molar-refractivity contribution in [1.29, 1.82) is 0 Å². The number of amides is 2. The molecule has 1 aliphatic rings. The molecule has 0 aromatic carbocycles. The molecule has 0 radical (unpaired) electrons. The Morgan fingerprint density at radius 2 is 2.16 bits per heavy atom. The van der Waals surface area contributed by atoms with Crippen molar-refractivity contribution in [3.05, 3.63) is 42.0 Å². The predicted molar refractivity (Wildman–Crippen MR) is 90.7 cm³/mol. The van der Waals surface area contributed by atoms with Crippen molar-refractivity contribution >= 4 is 11.8 Å². The van der Waals surface area contributed by atoms with Gasteiger partial charge in [0.15, 0.2) is 5.82 Å². The molecule has 0 spiro atoms. The van der Waals surface area contributed by atoms with Crippen molar-refractivity contribution in [3.63, 3.8) is 0 Å². The maximum Gasteiger partial charge on any atom is 0.269 e. The lowest BCUT2D eigenvalue weighted by molar-refractivity contribution is -0.136. The van der Waals surface area contributed by atoms with E-state index in [9.17, 15) is 9.59 Å². The molecular weight excluding hydrogens is 320 g/mol. The van der Waals surface area contributed by atoms with Crippen molar-refractivity contribution in [2.24, 2.45) is 0 Å². The number of rotatable bonds is 4. The van der Waals surface area contributed by atoms with Crippen LogP contribution in [-0.4, -0.2) is 49.8 Å². The van der Waals surface area contributed by atoms with Crippen LogP contribution in [0.25, 0.3) is 0 Å². The number of hydrogen-bond acceptors (Lipinski definition) is 5. The number of aryl methyl sites for hydroxylation is 1. The van der Waals surface area contributed by atoms with Gasteiger partial charge in [-0.25, -0.2) is 15.0 Å². The summed E-state index contributed by atoms with van der Waals surface area (Å²) in [4.78, 5) is 39.5. The van der Waals surface area contributed by atoms with E-state index in [-0.39, 0.29) is 18.4 Å². The van der Waals surface area contributed by atoms with E-state index in [1.165, 1.54) is 0 Å². The standard InChI is InChI=1S/C17H22N6O2/c1-12-9-13(15(25)18-3)21-16(20-12)17(2)5-4-7-23(17)14(24)10-22-8-6-19-11-22/h6,8-9,11H,4-5,7,10H2,1-3H3,(H,18,25)/t17-/m1/s1. The fourth-order valence-electron chi connectivity index (χ4n) is 3.27. The molecule has 1 aliphatic heterocycles. The second kappa shape index (κ2) is 6.62. The summed E-state index contributed by atoms with van der Waals surface area (Å²) in [7, 11) is 1.57. The Hall–Kier alpha value is -2.77. The van der Waals surface area contributed by atoms with Gasteiger partial charge in [0, 0.05) is 31.7 Å². The lowest BCUT2D eigenvalue weighted by Crippen LogP contribution is -2.45. The summed E-state index contributed by atoms with van der Waals surface area (Å²) < 4.78 is 1.74. The molecule has 8 nitrogen and oxygen atoms in total. The number of likely N-dealkylation sites (tertiary alicyclic amines) is 1. The molecule has 3 rings (SSSR count). The zero-order valence-electron chi connectivity index (χ0n) is 14.7. The Balaban J connectivity index is 1.92. The van der Waals surface area contributed by atoms with Crippen molar-refractivity contribution in [2.45, 2.75) is 38.8 Å². The van der Waals surface area contributed by atoms with Crippen molar-refractivity contribution in [3.8, 4) is 0 Å². The molecule has 0 bridgehead atoms. The number of hydrogen-bond donors (Lipinski definition) is 1. The molecule has 0 aliphatic carbocycles. The highest BCUT2D eigenvalue weighted by Gasteiger charge is 2.43. The molecule has 1 saturated heterocycles. The highest BCUT2D eigenvalue weighted by molar-refractivity contribution is 5.92. The first kappa shape index (κ1) is 17.1. The van der Waals surface area contributed by atoms with Gasteiger partial charge in [-0.15, -0.1) is 0 Å². The molecule has 8 heteroatoms. The van der Waals surface area contributed by atoms with Crippen molar-refractivity contribution in [1.82, 2.24) is 29.7 Å². The van der Waals surface area contributed by atoms with Crippen LogP contribution in [0.4, 0.5) is 0 Å². The van der Waals surface area contributed by atoms with E-state index in [0.29, 0.717) is 23.8 Å². The first-order valence-corrected chi connectivity index (χ1v) is 8.28. The summed E-state index contributed by atoms with van der Waals surface area (Å²) in [6.07, 6.45) is 6.67. The quantitative estimate of drug-likeness (QED) is 0.890. The summed E-state index contributed by atoms with van der Waals surface area (Å²) in [5, 5.41) is 2.58. The smallest absolute Gasteiger partial charge is 0.269 e. The van der Waals surface area contributed by atoms with Crippen LogP contribution in [0.2, 0.25) is 0 Å². The van der Waals surface area contributed by atoms with Crippen LogP contribution in [0.1, 0.15) is 41.8 Å². The monoisotopic (exact) mass is 342 g/mol. The van der Waals surface area contributed by atoms with Gasteiger partial charge in [-0.3, -0.25) is 9.59 Å². The minimum absolute atomic E-state index is 0.00963. The molecule has 2 aromatic rings. The van der Waals surface area contributed by atoms with Gasteiger partial charge in [-0.2, -0.15) is 0 Å². The van der Waals surface area contributed by atoms with Crippen LogP contribution in [0.3, 0.4) is 0 Å². The average Bonchev–Trinajstić information content (AvgIpc) is 3.23. The van der Waals surface area contributed by atoms with Gasteiger partial charge in [-0.05, 0) is 32.8 Å². The third-order valence-corrected chi connectivity index (χ3v) is 4.61. The highest BCUT2D eigenvalue weighted by atomic mass is 16.2. The van der Waals surface area contributed by atoms with E-state index in [2.05, 4.69) is 20.3 Å². The topological polar surface area (TPSA) is 93.0 Å². The lowest BCUT2D eigenvalue weighted by Gasteiger charge is -2.34. The van der Waals surface area contributed by atoms with Crippen LogP contribution < -0.4 is 5.32 Å². The van der Waals surface area contributed by atoms with E-state index < -0.39 is 5.54 Å². The SMILES string of the molecule is CNC(=O)c1cc(C)nc([C@@]2(C)CCCN2C(=O)Cn2ccnc2)n1. The molecule has 1 atom stereocenters. The van der Waals surface area contributed by atoms with Crippen LogP contribution >= 0.6 is 0 Å². The average molecular weight is 342 g/mol. The first-order valence-electron chi connectivity index (χ1n) is 8.28. The summed E-state index contributed by atoms with van der Waals surface area (Å²) in [6.45, 7) is 4.67. The van der Waals surface area contributed by atoms with E-state index >= 15 is 0 Å². The van der Waals surface area contributed by atoms with Crippen LogP contribution in [0, 0.1) is 6.92 Å². The minimum atomic E-state index is -0.619. The van der Waals surface area contributed by atoms with Crippen molar-refractivity contribution in [2.75, 3.05) is 13.6 Å². The molecule has 1 N–H and O–H groups in total. The maximum absolute atomic E-state index is 12.8. The second-order valence-electron chi connectivity index (χ2n) is 6.46. The molecule has 3 heterocycles. The predicted octanol–water partition coefficient (Wildman–Crippen LogP) is 0.879. The van der Waals surface area contributed by atoms with Gasteiger partial charge in [-0.1, -0.05) is 0 Å². The Morgan fingerprint density at radius 1 is 1.36 bits per heavy atom. The van der Waals surface area contributed by atoms with E-state index in [1.807, 2.05) is 18.7 Å². The molecular formula is C17H22N6O2. The Bertz CT molecular complexity index is 788. The zero-order chi connectivity index (χ0) is 18.0. The fourth-order valence-corrected chi connectivity index (χ4v) is 3.27. The molecule has 132 valence electrons. The lowest BCUT2D eigenvalue weighted by atomic mass is 9.97. The van der Waals surface area contributed by atoms with Crippen LogP contribution in [-0.2, 0) is 16.9 Å². The summed E-state index contributed by atoms with van der Waals surface area (Å²) in [6, 6.07) is 1.65. The summed E-state index contributed by atoms with van der Waals surface area (Å²) >= 11 is 0. The van der Waals surface area contributed by atoms with E-state index in [0.717, 1.165) is 12.8 Å². The van der Waals surface area contributed by atoms with Gasteiger partial charge >= 0.3 is 0 Å². The largest absolute Gasteiger partial charge is 0.354 e. The number of imidazole rings is 1. The Labute approximate surface area is 146 Å². The fraction of sp³-hybridized carbons (Fsp3) is 0.471. The molecule has 2 amide bonds.